The van der Waals surface area contributed by atoms with Crippen LogP contribution in [0.5, 0.6) is 0 Å². The summed E-state index contributed by atoms with van der Waals surface area (Å²) in [6.45, 7) is 5.67. The summed E-state index contributed by atoms with van der Waals surface area (Å²) in [5.74, 6) is 0. The van der Waals surface area contributed by atoms with Gasteiger partial charge in [-0.2, -0.15) is 0 Å². The fraction of sp³-hybridized carbons (Fsp3) is 0.750. The second-order valence-corrected chi connectivity index (χ2v) is 7.79. The topological polar surface area (TPSA) is 12.0 Å². The SMILES string of the molecule is CCCCCCCCCCNC(C)c1ccc(Br)s1. The molecule has 0 aliphatic carbocycles. The molecule has 0 fully saturated rings. The average Bonchev–Trinajstić information content (AvgIpc) is 2.83. The standard InChI is InChI=1S/C16H28BrNS/c1-3-4-5-6-7-8-9-10-13-18-14(2)15-11-12-16(17)19-15/h11-12,14,18H,3-10,13H2,1-2H3. The summed E-state index contributed by atoms with van der Waals surface area (Å²) in [5, 5.41) is 3.61. The van der Waals surface area contributed by atoms with Gasteiger partial charge in [0, 0.05) is 10.9 Å². The lowest BCUT2D eigenvalue weighted by molar-refractivity contribution is 0.525. The molecule has 0 radical (unpaired) electrons. The molecule has 0 saturated carbocycles. The summed E-state index contributed by atoms with van der Waals surface area (Å²) >= 11 is 5.35. The molecular formula is C16H28BrNS. The van der Waals surface area contributed by atoms with Crippen LogP contribution < -0.4 is 5.32 Å². The first-order valence-corrected chi connectivity index (χ1v) is 9.33. The second-order valence-electron chi connectivity index (χ2n) is 5.29. The summed E-state index contributed by atoms with van der Waals surface area (Å²) in [5.41, 5.74) is 0. The van der Waals surface area contributed by atoms with E-state index in [1.165, 1.54) is 60.0 Å². The number of hydrogen-bond donors (Lipinski definition) is 1. The van der Waals surface area contributed by atoms with Crippen molar-refractivity contribution in [1.82, 2.24) is 5.32 Å². The molecule has 1 rings (SSSR count). The van der Waals surface area contributed by atoms with Crippen molar-refractivity contribution in [2.75, 3.05) is 6.54 Å². The van der Waals surface area contributed by atoms with E-state index in [0.717, 1.165) is 6.54 Å². The van der Waals surface area contributed by atoms with Crippen LogP contribution in [0, 0.1) is 0 Å². The van der Waals surface area contributed by atoms with E-state index < -0.39 is 0 Å². The van der Waals surface area contributed by atoms with Gasteiger partial charge in [0.05, 0.1) is 3.79 Å². The molecule has 0 aliphatic heterocycles. The van der Waals surface area contributed by atoms with Gasteiger partial charge in [-0.05, 0) is 48.0 Å². The van der Waals surface area contributed by atoms with E-state index in [0.29, 0.717) is 6.04 Å². The molecule has 0 saturated heterocycles. The Bertz CT molecular complexity index is 324. The van der Waals surface area contributed by atoms with Gasteiger partial charge in [0.1, 0.15) is 0 Å². The molecule has 1 nitrogen and oxygen atoms in total. The molecule has 1 unspecified atom stereocenters. The van der Waals surface area contributed by atoms with Crippen LogP contribution >= 0.6 is 27.3 Å². The summed E-state index contributed by atoms with van der Waals surface area (Å²) in [7, 11) is 0. The van der Waals surface area contributed by atoms with Crippen molar-refractivity contribution in [2.45, 2.75) is 71.3 Å². The molecule has 3 heteroatoms. The normalized spacial score (nSPS) is 12.8. The number of nitrogens with one attached hydrogen (secondary N) is 1. The zero-order valence-electron chi connectivity index (χ0n) is 12.4. The van der Waals surface area contributed by atoms with Crippen molar-refractivity contribution in [1.29, 1.82) is 0 Å². The minimum absolute atomic E-state index is 0.487. The molecular weight excluding hydrogens is 318 g/mol. The van der Waals surface area contributed by atoms with E-state index in [4.69, 9.17) is 0 Å². The molecule has 1 heterocycles. The minimum Gasteiger partial charge on any atom is -0.309 e. The zero-order chi connectivity index (χ0) is 13.9. The van der Waals surface area contributed by atoms with E-state index in [1.807, 2.05) is 11.3 Å². The lowest BCUT2D eigenvalue weighted by atomic mass is 10.1. The quantitative estimate of drug-likeness (QED) is 0.464. The zero-order valence-corrected chi connectivity index (χ0v) is 14.8. The third kappa shape index (κ3) is 8.11. The molecule has 110 valence electrons. The van der Waals surface area contributed by atoms with Crippen molar-refractivity contribution in [3.8, 4) is 0 Å². The maximum atomic E-state index is 3.61. The molecule has 0 spiro atoms. The second kappa shape index (κ2) is 10.9. The summed E-state index contributed by atoms with van der Waals surface area (Å²) in [6.07, 6.45) is 11.1. The number of halogens is 1. The molecule has 19 heavy (non-hydrogen) atoms. The van der Waals surface area contributed by atoms with Crippen molar-refractivity contribution in [3.63, 3.8) is 0 Å². The van der Waals surface area contributed by atoms with Gasteiger partial charge in [-0.25, -0.2) is 0 Å². The van der Waals surface area contributed by atoms with Gasteiger partial charge in [0.2, 0.25) is 0 Å². The van der Waals surface area contributed by atoms with Crippen LogP contribution in [0.1, 0.15) is 76.1 Å². The van der Waals surface area contributed by atoms with E-state index in [9.17, 15) is 0 Å². The predicted molar refractivity (Wildman–Crippen MR) is 91.0 cm³/mol. The van der Waals surface area contributed by atoms with E-state index in [2.05, 4.69) is 47.2 Å². The Hall–Kier alpha value is 0.140. The number of rotatable bonds is 11. The van der Waals surface area contributed by atoms with Gasteiger partial charge >= 0.3 is 0 Å². The van der Waals surface area contributed by atoms with Crippen LogP contribution in [-0.2, 0) is 0 Å². The van der Waals surface area contributed by atoms with E-state index in [1.54, 1.807) is 0 Å². The van der Waals surface area contributed by atoms with Gasteiger partial charge in [-0.1, -0.05) is 51.9 Å². The summed E-state index contributed by atoms with van der Waals surface area (Å²) in [4.78, 5) is 1.42. The Labute approximate surface area is 131 Å². The average molecular weight is 346 g/mol. The highest BCUT2D eigenvalue weighted by Crippen LogP contribution is 2.26. The highest BCUT2D eigenvalue weighted by molar-refractivity contribution is 9.11. The van der Waals surface area contributed by atoms with Crippen LogP contribution in [0.15, 0.2) is 15.9 Å². The third-order valence-electron chi connectivity index (χ3n) is 3.50. The van der Waals surface area contributed by atoms with Gasteiger partial charge < -0.3 is 5.32 Å². The van der Waals surface area contributed by atoms with Crippen molar-refractivity contribution in [2.24, 2.45) is 0 Å². The molecule has 1 N–H and O–H groups in total. The van der Waals surface area contributed by atoms with Gasteiger partial charge in [0.25, 0.3) is 0 Å². The number of hydrogen-bond acceptors (Lipinski definition) is 2. The minimum atomic E-state index is 0.487. The number of unbranched alkanes of at least 4 members (excludes halogenated alkanes) is 7. The Morgan fingerprint density at radius 1 is 1.05 bits per heavy atom. The maximum absolute atomic E-state index is 3.61. The lowest BCUT2D eigenvalue weighted by Gasteiger charge is -2.11. The highest BCUT2D eigenvalue weighted by atomic mass is 79.9. The Morgan fingerprint density at radius 2 is 1.68 bits per heavy atom. The third-order valence-corrected chi connectivity index (χ3v) is 5.31. The molecule has 0 bridgehead atoms. The largest absolute Gasteiger partial charge is 0.309 e. The Balaban J connectivity index is 1.93. The molecule has 1 aromatic rings. The Kier molecular flexibility index (Phi) is 9.84. The number of thiophene rings is 1. The van der Waals surface area contributed by atoms with Crippen molar-refractivity contribution < 1.29 is 0 Å². The molecule has 1 atom stereocenters. The highest BCUT2D eigenvalue weighted by Gasteiger charge is 2.06. The van der Waals surface area contributed by atoms with E-state index >= 15 is 0 Å². The van der Waals surface area contributed by atoms with Gasteiger partial charge in [-0.15, -0.1) is 11.3 Å². The van der Waals surface area contributed by atoms with Crippen LogP contribution in [0.2, 0.25) is 0 Å². The molecule has 0 aromatic carbocycles. The van der Waals surface area contributed by atoms with Gasteiger partial charge in [-0.3, -0.25) is 0 Å². The smallest absolute Gasteiger partial charge is 0.0701 e. The Morgan fingerprint density at radius 3 is 2.26 bits per heavy atom. The fourth-order valence-electron chi connectivity index (χ4n) is 2.24. The molecule has 0 amide bonds. The van der Waals surface area contributed by atoms with Crippen LogP contribution in [0.3, 0.4) is 0 Å². The summed E-state index contributed by atoms with van der Waals surface area (Å²) < 4.78 is 1.23. The van der Waals surface area contributed by atoms with Gasteiger partial charge in [0.15, 0.2) is 0 Å². The lowest BCUT2D eigenvalue weighted by Crippen LogP contribution is -2.18. The first kappa shape index (κ1) is 17.2. The first-order valence-electron chi connectivity index (χ1n) is 7.72. The first-order chi connectivity index (χ1) is 9.24. The van der Waals surface area contributed by atoms with Crippen molar-refractivity contribution >= 4 is 27.3 Å². The molecule has 1 aromatic heterocycles. The predicted octanol–water partition coefficient (Wildman–Crippen LogP) is 6.30. The van der Waals surface area contributed by atoms with Crippen LogP contribution in [0.4, 0.5) is 0 Å². The van der Waals surface area contributed by atoms with E-state index in [-0.39, 0.29) is 0 Å². The molecule has 0 aliphatic rings. The monoisotopic (exact) mass is 345 g/mol. The summed E-state index contributed by atoms with van der Waals surface area (Å²) in [6, 6.07) is 4.83. The maximum Gasteiger partial charge on any atom is 0.0701 e. The van der Waals surface area contributed by atoms with Crippen LogP contribution in [0.25, 0.3) is 0 Å². The van der Waals surface area contributed by atoms with Crippen molar-refractivity contribution in [3.05, 3.63) is 20.8 Å². The van der Waals surface area contributed by atoms with Crippen LogP contribution in [-0.4, -0.2) is 6.54 Å². The fourth-order valence-corrected chi connectivity index (χ4v) is 3.69.